The van der Waals surface area contributed by atoms with Crippen molar-refractivity contribution in [3.8, 4) is 17.2 Å². The molecule has 0 aliphatic rings. The summed E-state index contributed by atoms with van der Waals surface area (Å²) >= 11 is 0. The summed E-state index contributed by atoms with van der Waals surface area (Å²) in [5.41, 5.74) is 3.75. The van der Waals surface area contributed by atoms with Gasteiger partial charge in [-0.1, -0.05) is 18.2 Å². The first-order valence-corrected chi connectivity index (χ1v) is 9.88. The molecule has 0 saturated carbocycles. The number of carbonyl (C=O) groups excluding carboxylic acids is 1. The van der Waals surface area contributed by atoms with E-state index in [9.17, 15) is 14.9 Å². The Kier molecular flexibility index (Phi) is 8.18. The van der Waals surface area contributed by atoms with Gasteiger partial charge in [-0.2, -0.15) is 5.10 Å². The number of nitrogens with zero attached hydrogens (tertiary/aromatic N) is 2. The number of urea groups is 1. The minimum absolute atomic E-state index is 0.000936. The van der Waals surface area contributed by atoms with Gasteiger partial charge in [0, 0.05) is 17.8 Å². The first-order chi connectivity index (χ1) is 16.0. The minimum Gasteiger partial charge on any atom is -0.493 e. The van der Waals surface area contributed by atoms with Crippen LogP contribution in [0, 0.1) is 10.1 Å². The molecule has 0 aliphatic carbocycles. The monoisotopic (exact) mass is 450 g/mol. The topological polar surface area (TPSA) is 124 Å². The number of hydrogen-bond donors (Lipinski definition) is 2. The molecule has 0 unspecified atom stereocenters. The van der Waals surface area contributed by atoms with Gasteiger partial charge in [-0.25, -0.2) is 10.2 Å². The van der Waals surface area contributed by atoms with E-state index < -0.39 is 11.0 Å². The van der Waals surface area contributed by atoms with E-state index in [0.29, 0.717) is 28.5 Å². The summed E-state index contributed by atoms with van der Waals surface area (Å²) < 4.78 is 16.6. The number of nitro groups is 1. The van der Waals surface area contributed by atoms with Gasteiger partial charge in [0.1, 0.15) is 19.0 Å². The average molecular weight is 450 g/mol. The average Bonchev–Trinajstić information content (AvgIpc) is 2.83. The third-order valence-electron chi connectivity index (χ3n) is 4.26. The summed E-state index contributed by atoms with van der Waals surface area (Å²) in [6.07, 6.45) is 1.48. The normalized spacial score (nSPS) is 10.5. The second-order valence-corrected chi connectivity index (χ2v) is 6.55. The summed E-state index contributed by atoms with van der Waals surface area (Å²) in [6.45, 7) is 0.479. The van der Waals surface area contributed by atoms with Gasteiger partial charge < -0.3 is 19.5 Å². The number of para-hydroxylation sites is 1. The Morgan fingerprint density at radius 3 is 2.42 bits per heavy atom. The molecule has 0 bridgehead atoms. The van der Waals surface area contributed by atoms with Crippen LogP contribution < -0.4 is 25.0 Å². The number of hydrogen-bond acceptors (Lipinski definition) is 7. The number of rotatable bonds is 10. The van der Waals surface area contributed by atoms with E-state index in [4.69, 9.17) is 14.2 Å². The predicted octanol–water partition coefficient (Wildman–Crippen LogP) is 4.22. The molecule has 3 aromatic rings. The van der Waals surface area contributed by atoms with E-state index >= 15 is 0 Å². The zero-order valence-electron chi connectivity index (χ0n) is 17.8. The fourth-order valence-corrected chi connectivity index (χ4v) is 2.70. The molecule has 0 spiro atoms. The zero-order chi connectivity index (χ0) is 23.5. The summed E-state index contributed by atoms with van der Waals surface area (Å²) in [5.74, 6) is 1.51. The third kappa shape index (κ3) is 7.24. The molecule has 0 heterocycles. The van der Waals surface area contributed by atoms with Crippen LogP contribution in [0.3, 0.4) is 0 Å². The number of amides is 2. The van der Waals surface area contributed by atoms with Crippen molar-refractivity contribution in [2.75, 3.05) is 25.6 Å². The third-order valence-corrected chi connectivity index (χ3v) is 4.26. The van der Waals surface area contributed by atoms with Crippen LogP contribution in [0.4, 0.5) is 16.2 Å². The van der Waals surface area contributed by atoms with Crippen LogP contribution in [0.5, 0.6) is 17.2 Å². The van der Waals surface area contributed by atoms with E-state index in [2.05, 4.69) is 15.8 Å². The number of benzene rings is 3. The Bertz CT molecular complexity index is 1100. The summed E-state index contributed by atoms with van der Waals surface area (Å²) in [5, 5.41) is 17.3. The van der Waals surface area contributed by atoms with Crippen LogP contribution in [0.25, 0.3) is 0 Å². The Balaban J connectivity index is 1.47. The number of anilines is 1. The lowest BCUT2D eigenvalue weighted by atomic mass is 10.2. The van der Waals surface area contributed by atoms with Gasteiger partial charge in [0.2, 0.25) is 0 Å². The molecule has 0 radical (unpaired) electrons. The highest BCUT2D eigenvalue weighted by Crippen LogP contribution is 2.27. The van der Waals surface area contributed by atoms with Crippen molar-refractivity contribution < 1.29 is 23.9 Å². The highest BCUT2D eigenvalue weighted by atomic mass is 16.6. The first kappa shape index (κ1) is 23.1. The smallest absolute Gasteiger partial charge is 0.339 e. The van der Waals surface area contributed by atoms with Crippen LogP contribution in [-0.4, -0.2) is 37.5 Å². The number of nitro benzene ring substituents is 1. The number of nitrogens with one attached hydrogen (secondary N) is 2. The number of carbonyl (C=O) groups is 1. The zero-order valence-corrected chi connectivity index (χ0v) is 17.8. The van der Waals surface area contributed by atoms with Gasteiger partial charge in [0.15, 0.2) is 11.5 Å². The molecule has 0 aromatic heterocycles. The molecule has 0 atom stereocenters. The Morgan fingerprint density at radius 1 is 1.00 bits per heavy atom. The van der Waals surface area contributed by atoms with E-state index in [-0.39, 0.29) is 18.9 Å². The number of ether oxygens (including phenoxy) is 3. The van der Waals surface area contributed by atoms with E-state index in [1.807, 2.05) is 18.2 Å². The highest BCUT2D eigenvalue weighted by Gasteiger charge is 2.07. The molecular formula is C23H22N4O6. The fraction of sp³-hybridized carbons (Fsp3) is 0.130. The molecule has 3 aromatic carbocycles. The Morgan fingerprint density at radius 2 is 1.73 bits per heavy atom. The standard InChI is InChI=1S/C23H22N4O6/c1-31-22-15-17(16-24-26-23(28)25-18-5-3-2-4-6-18)7-12-21(22)33-14-13-32-20-10-8-19(9-11-20)27(29)30/h2-12,15-16H,13-14H2,1H3,(H2,25,26,28). The molecule has 10 heteroatoms. The fourth-order valence-electron chi connectivity index (χ4n) is 2.70. The maximum Gasteiger partial charge on any atom is 0.339 e. The second-order valence-electron chi connectivity index (χ2n) is 6.55. The number of hydrazone groups is 1. The van der Waals surface area contributed by atoms with Gasteiger partial charge in [-0.05, 0) is 48.0 Å². The largest absolute Gasteiger partial charge is 0.493 e. The van der Waals surface area contributed by atoms with Crippen LogP contribution in [-0.2, 0) is 0 Å². The SMILES string of the molecule is COc1cc(C=NNC(=O)Nc2ccccc2)ccc1OCCOc1ccc([N+](=O)[O-])cc1. The molecule has 0 fully saturated rings. The summed E-state index contributed by atoms with van der Waals surface area (Å²) in [7, 11) is 1.52. The van der Waals surface area contributed by atoms with Crippen molar-refractivity contribution in [1.29, 1.82) is 0 Å². The Hall–Kier alpha value is -4.60. The lowest BCUT2D eigenvalue weighted by Gasteiger charge is -2.12. The van der Waals surface area contributed by atoms with Crippen molar-refractivity contribution in [1.82, 2.24) is 5.43 Å². The predicted molar refractivity (Wildman–Crippen MR) is 123 cm³/mol. The van der Waals surface area contributed by atoms with Crippen LogP contribution >= 0.6 is 0 Å². The van der Waals surface area contributed by atoms with Gasteiger partial charge in [-0.15, -0.1) is 0 Å². The van der Waals surface area contributed by atoms with Crippen molar-refractivity contribution in [2.45, 2.75) is 0 Å². The van der Waals surface area contributed by atoms with Crippen molar-refractivity contribution in [3.63, 3.8) is 0 Å². The number of non-ortho nitro benzene ring substituents is 1. The van der Waals surface area contributed by atoms with Crippen molar-refractivity contribution >= 4 is 23.6 Å². The molecule has 10 nitrogen and oxygen atoms in total. The molecule has 33 heavy (non-hydrogen) atoms. The van der Waals surface area contributed by atoms with Crippen LogP contribution in [0.2, 0.25) is 0 Å². The lowest BCUT2D eigenvalue weighted by molar-refractivity contribution is -0.384. The summed E-state index contributed by atoms with van der Waals surface area (Å²) in [6, 6.07) is 19.6. The van der Waals surface area contributed by atoms with Gasteiger partial charge in [-0.3, -0.25) is 10.1 Å². The number of methoxy groups -OCH3 is 1. The minimum atomic E-state index is -0.469. The molecule has 2 amide bonds. The van der Waals surface area contributed by atoms with Crippen molar-refractivity contribution in [2.24, 2.45) is 5.10 Å². The van der Waals surface area contributed by atoms with Crippen LogP contribution in [0.1, 0.15) is 5.56 Å². The van der Waals surface area contributed by atoms with Gasteiger partial charge in [0.25, 0.3) is 5.69 Å². The maximum atomic E-state index is 11.9. The van der Waals surface area contributed by atoms with E-state index in [1.54, 1.807) is 30.3 Å². The quantitative estimate of drug-likeness (QED) is 0.206. The van der Waals surface area contributed by atoms with Gasteiger partial charge >= 0.3 is 6.03 Å². The molecule has 0 saturated heterocycles. The van der Waals surface area contributed by atoms with Crippen LogP contribution in [0.15, 0.2) is 77.9 Å². The second kappa shape index (κ2) is 11.7. The van der Waals surface area contributed by atoms with Crippen molar-refractivity contribution in [3.05, 3.63) is 88.5 Å². The maximum absolute atomic E-state index is 11.9. The molecular weight excluding hydrogens is 428 g/mol. The molecule has 170 valence electrons. The highest BCUT2D eigenvalue weighted by molar-refractivity contribution is 5.90. The molecule has 2 N–H and O–H groups in total. The van der Waals surface area contributed by atoms with E-state index in [0.717, 1.165) is 0 Å². The lowest BCUT2D eigenvalue weighted by Crippen LogP contribution is -2.24. The Labute approximate surface area is 189 Å². The molecule has 0 aliphatic heterocycles. The van der Waals surface area contributed by atoms with E-state index in [1.165, 1.54) is 37.6 Å². The summed E-state index contributed by atoms with van der Waals surface area (Å²) in [4.78, 5) is 22.1. The molecule has 3 rings (SSSR count). The van der Waals surface area contributed by atoms with Gasteiger partial charge in [0.05, 0.1) is 18.2 Å². The first-order valence-electron chi connectivity index (χ1n) is 9.88.